The minimum atomic E-state index is -4.93. The zero-order valence-corrected chi connectivity index (χ0v) is 14.2. The van der Waals surface area contributed by atoms with Crippen LogP contribution in [0.15, 0.2) is 48.5 Å². The fraction of sp³-hybridized carbons (Fsp3) is 0.222. The fourth-order valence-corrected chi connectivity index (χ4v) is 2.01. The Labute approximate surface area is 153 Å². The van der Waals surface area contributed by atoms with Crippen LogP contribution in [0.25, 0.3) is 0 Å². The highest BCUT2D eigenvalue weighted by Crippen LogP contribution is 2.18. The van der Waals surface area contributed by atoms with Crippen LogP contribution in [0.1, 0.15) is 12.5 Å². The molecule has 0 aliphatic heterocycles. The van der Waals surface area contributed by atoms with Gasteiger partial charge in [0.15, 0.2) is 6.10 Å². The lowest BCUT2D eigenvalue weighted by Crippen LogP contribution is -2.36. The summed E-state index contributed by atoms with van der Waals surface area (Å²) in [5.41, 5.74) is 0.867. The molecule has 0 fully saturated rings. The Balaban J connectivity index is 1.86. The zero-order valence-electron chi connectivity index (χ0n) is 14.2. The number of amides is 2. The van der Waals surface area contributed by atoms with Crippen molar-refractivity contribution < 1.29 is 32.6 Å². The second-order valence-corrected chi connectivity index (χ2v) is 5.62. The van der Waals surface area contributed by atoms with Crippen LogP contribution in [0.4, 0.5) is 18.9 Å². The molecule has 2 rings (SSSR count). The summed E-state index contributed by atoms with van der Waals surface area (Å²) < 4.78 is 41.8. The second-order valence-electron chi connectivity index (χ2n) is 5.62. The molecule has 2 aromatic carbocycles. The van der Waals surface area contributed by atoms with Gasteiger partial charge < -0.3 is 20.5 Å². The van der Waals surface area contributed by atoms with Gasteiger partial charge in [0.1, 0.15) is 11.5 Å². The van der Waals surface area contributed by atoms with Gasteiger partial charge in [-0.25, -0.2) is 0 Å². The van der Waals surface area contributed by atoms with Crippen molar-refractivity contribution in [3.8, 4) is 11.5 Å². The molecule has 0 spiro atoms. The highest BCUT2D eigenvalue weighted by Gasteiger charge is 2.38. The number of benzene rings is 2. The maximum absolute atomic E-state index is 12.1. The molecule has 0 aliphatic carbocycles. The quantitative estimate of drug-likeness (QED) is 0.717. The molecule has 0 heterocycles. The standard InChI is InChI=1S/C18H17F3N2O4/c1-11(27-15-8-6-14(24)7-9-15)16(25)23-13-4-2-12(3-5-13)10-22-17(26)18(19,20)21/h2-9,11,24H,10H2,1H3,(H,22,26)(H,23,25). The number of alkyl halides is 3. The number of phenols is 1. The number of phenolic OH excluding ortho intramolecular Hbond substituents is 1. The second kappa shape index (κ2) is 8.43. The van der Waals surface area contributed by atoms with E-state index in [1.54, 1.807) is 12.2 Å². The first-order valence-electron chi connectivity index (χ1n) is 7.85. The van der Waals surface area contributed by atoms with Crippen molar-refractivity contribution in [3.63, 3.8) is 0 Å². The van der Waals surface area contributed by atoms with E-state index in [4.69, 9.17) is 4.74 Å². The molecule has 9 heteroatoms. The summed E-state index contributed by atoms with van der Waals surface area (Å²) in [5.74, 6) is -1.96. The summed E-state index contributed by atoms with van der Waals surface area (Å²) in [4.78, 5) is 22.9. The van der Waals surface area contributed by atoms with Gasteiger partial charge in [0, 0.05) is 12.2 Å². The van der Waals surface area contributed by atoms with Crippen LogP contribution < -0.4 is 15.4 Å². The van der Waals surface area contributed by atoms with Crippen LogP contribution in [-0.2, 0) is 16.1 Å². The Bertz CT molecular complexity index is 790. The van der Waals surface area contributed by atoms with Crippen molar-refractivity contribution in [2.75, 3.05) is 5.32 Å². The van der Waals surface area contributed by atoms with E-state index in [9.17, 15) is 27.9 Å². The number of hydrogen-bond donors (Lipinski definition) is 3. The lowest BCUT2D eigenvalue weighted by molar-refractivity contribution is -0.173. The summed E-state index contributed by atoms with van der Waals surface area (Å²) in [7, 11) is 0. The molecular weight excluding hydrogens is 365 g/mol. The third-order valence-electron chi connectivity index (χ3n) is 3.45. The summed E-state index contributed by atoms with van der Waals surface area (Å²) in [6.07, 6.45) is -5.75. The molecule has 1 unspecified atom stereocenters. The third kappa shape index (κ3) is 6.21. The SMILES string of the molecule is CC(Oc1ccc(O)cc1)C(=O)Nc1ccc(CNC(=O)C(F)(F)F)cc1. The highest BCUT2D eigenvalue weighted by molar-refractivity contribution is 5.94. The number of ether oxygens (including phenoxy) is 1. The molecule has 1 atom stereocenters. The number of anilines is 1. The Morgan fingerprint density at radius 1 is 1.07 bits per heavy atom. The topological polar surface area (TPSA) is 87.7 Å². The Morgan fingerprint density at radius 3 is 2.22 bits per heavy atom. The lowest BCUT2D eigenvalue weighted by atomic mass is 10.2. The van der Waals surface area contributed by atoms with Crippen LogP contribution in [0, 0.1) is 0 Å². The lowest BCUT2D eigenvalue weighted by Gasteiger charge is -2.15. The Hall–Kier alpha value is -3.23. The van der Waals surface area contributed by atoms with Crippen molar-refractivity contribution in [3.05, 3.63) is 54.1 Å². The van der Waals surface area contributed by atoms with Gasteiger partial charge in [-0.05, 0) is 48.9 Å². The minimum absolute atomic E-state index is 0.0750. The molecule has 0 saturated heterocycles. The predicted molar refractivity (Wildman–Crippen MR) is 91.2 cm³/mol. The number of aromatic hydroxyl groups is 1. The molecule has 144 valence electrons. The summed E-state index contributed by atoms with van der Waals surface area (Å²) in [5, 5.41) is 13.6. The van der Waals surface area contributed by atoms with E-state index in [0.717, 1.165) is 0 Å². The predicted octanol–water partition coefficient (Wildman–Crippen LogP) is 2.98. The molecule has 0 saturated carbocycles. The normalized spacial score (nSPS) is 12.1. The first kappa shape index (κ1) is 20.1. The van der Waals surface area contributed by atoms with Crippen molar-refractivity contribution in [1.29, 1.82) is 0 Å². The first-order valence-corrected chi connectivity index (χ1v) is 7.85. The van der Waals surface area contributed by atoms with Crippen molar-refractivity contribution in [1.82, 2.24) is 5.32 Å². The van der Waals surface area contributed by atoms with Gasteiger partial charge in [-0.15, -0.1) is 0 Å². The minimum Gasteiger partial charge on any atom is -0.508 e. The van der Waals surface area contributed by atoms with Crippen LogP contribution >= 0.6 is 0 Å². The monoisotopic (exact) mass is 382 g/mol. The largest absolute Gasteiger partial charge is 0.508 e. The molecule has 0 radical (unpaired) electrons. The van der Waals surface area contributed by atoms with E-state index >= 15 is 0 Å². The van der Waals surface area contributed by atoms with Gasteiger partial charge in [0.05, 0.1) is 0 Å². The Morgan fingerprint density at radius 2 is 1.67 bits per heavy atom. The van der Waals surface area contributed by atoms with Crippen molar-refractivity contribution >= 4 is 17.5 Å². The van der Waals surface area contributed by atoms with Gasteiger partial charge in [-0.2, -0.15) is 13.2 Å². The summed E-state index contributed by atoms with van der Waals surface area (Å²) in [6, 6.07) is 11.9. The number of carbonyl (C=O) groups is 2. The molecule has 2 amide bonds. The molecule has 3 N–H and O–H groups in total. The van der Waals surface area contributed by atoms with Gasteiger partial charge in [-0.3, -0.25) is 9.59 Å². The van der Waals surface area contributed by atoms with E-state index in [-0.39, 0.29) is 12.3 Å². The van der Waals surface area contributed by atoms with Gasteiger partial charge in [0.25, 0.3) is 5.91 Å². The maximum atomic E-state index is 12.1. The molecule has 0 bridgehead atoms. The average Bonchev–Trinajstić information content (AvgIpc) is 2.61. The summed E-state index contributed by atoms with van der Waals surface area (Å²) >= 11 is 0. The summed E-state index contributed by atoms with van der Waals surface area (Å²) in [6.45, 7) is 1.26. The molecule has 0 aliphatic rings. The molecule has 0 aromatic heterocycles. The van der Waals surface area contributed by atoms with Crippen molar-refractivity contribution in [2.45, 2.75) is 25.7 Å². The van der Waals surface area contributed by atoms with Gasteiger partial charge >= 0.3 is 12.1 Å². The fourth-order valence-electron chi connectivity index (χ4n) is 2.01. The molecule has 2 aromatic rings. The highest BCUT2D eigenvalue weighted by atomic mass is 19.4. The zero-order chi connectivity index (χ0) is 20.0. The van der Waals surface area contributed by atoms with Gasteiger partial charge in [0.2, 0.25) is 0 Å². The molecule has 6 nitrogen and oxygen atoms in total. The maximum Gasteiger partial charge on any atom is 0.471 e. The molecule has 27 heavy (non-hydrogen) atoms. The first-order chi connectivity index (χ1) is 12.6. The van der Waals surface area contributed by atoms with E-state index in [2.05, 4.69) is 5.32 Å². The van der Waals surface area contributed by atoms with Crippen LogP contribution in [0.2, 0.25) is 0 Å². The number of carbonyl (C=O) groups excluding carboxylic acids is 2. The third-order valence-corrected chi connectivity index (χ3v) is 3.45. The molecular formula is C18H17F3N2O4. The van der Waals surface area contributed by atoms with Crippen LogP contribution in [0.5, 0.6) is 11.5 Å². The van der Waals surface area contributed by atoms with Crippen LogP contribution in [-0.4, -0.2) is 29.2 Å². The van der Waals surface area contributed by atoms with E-state index in [1.807, 2.05) is 0 Å². The van der Waals surface area contributed by atoms with E-state index < -0.39 is 24.1 Å². The van der Waals surface area contributed by atoms with Crippen molar-refractivity contribution in [2.24, 2.45) is 0 Å². The van der Waals surface area contributed by atoms with E-state index in [0.29, 0.717) is 17.0 Å². The van der Waals surface area contributed by atoms with Gasteiger partial charge in [-0.1, -0.05) is 12.1 Å². The van der Waals surface area contributed by atoms with Crippen LogP contribution in [0.3, 0.4) is 0 Å². The Kier molecular flexibility index (Phi) is 6.27. The van der Waals surface area contributed by atoms with E-state index in [1.165, 1.54) is 48.5 Å². The number of hydrogen-bond acceptors (Lipinski definition) is 4. The average molecular weight is 382 g/mol. The number of rotatable bonds is 6. The number of halogens is 3. The smallest absolute Gasteiger partial charge is 0.471 e. The number of nitrogens with one attached hydrogen (secondary N) is 2.